The van der Waals surface area contributed by atoms with Gasteiger partial charge in [0.15, 0.2) is 0 Å². The minimum absolute atomic E-state index is 0.0294. The van der Waals surface area contributed by atoms with Crippen molar-refractivity contribution in [1.82, 2.24) is 9.88 Å². The Kier molecular flexibility index (Phi) is 4.97. The molecule has 0 saturated carbocycles. The molecule has 0 spiro atoms. The standard InChI is InChI=1S/C23H21FN2O/c24-19-13-11-18(12-14-19)23(27)26-15-5-10-22(26)21-9-4-8-20(25-21)16-17-6-2-1-3-7-17/h1-4,6-9,11-14,22H,5,10,15-16H2/t22-/m0/s1. The van der Waals surface area contributed by atoms with E-state index < -0.39 is 0 Å². The summed E-state index contributed by atoms with van der Waals surface area (Å²) in [5, 5.41) is 0. The number of rotatable bonds is 4. The van der Waals surface area contributed by atoms with Crippen molar-refractivity contribution < 1.29 is 9.18 Å². The summed E-state index contributed by atoms with van der Waals surface area (Å²) >= 11 is 0. The molecule has 1 aliphatic heterocycles. The van der Waals surface area contributed by atoms with E-state index in [1.165, 1.54) is 17.7 Å². The van der Waals surface area contributed by atoms with Crippen LogP contribution in [0.25, 0.3) is 0 Å². The second-order valence-electron chi connectivity index (χ2n) is 6.88. The number of likely N-dealkylation sites (tertiary alicyclic amines) is 1. The highest BCUT2D eigenvalue weighted by atomic mass is 19.1. The average Bonchev–Trinajstić information content (AvgIpc) is 3.19. The van der Waals surface area contributed by atoms with E-state index in [9.17, 15) is 9.18 Å². The summed E-state index contributed by atoms with van der Waals surface area (Å²) in [6, 6.07) is 22.0. The van der Waals surface area contributed by atoms with Crippen LogP contribution in [0.1, 0.15) is 46.2 Å². The van der Waals surface area contributed by atoms with Crippen molar-refractivity contribution in [2.45, 2.75) is 25.3 Å². The van der Waals surface area contributed by atoms with Crippen LogP contribution in [-0.4, -0.2) is 22.3 Å². The van der Waals surface area contributed by atoms with E-state index >= 15 is 0 Å². The van der Waals surface area contributed by atoms with Crippen molar-refractivity contribution in [3.8, 4) is 0 Å². The summed E-state index contributed by atoms with van der Waals surface area (Å²) in [6.45, 7) is 0.700. The van der Waals surface area contributed by atoms with Gasteiger partial charge in [-0.15, -0.1) is 0 Å². The van der Waals surface area contributed by atoms with E-state index in [1.807, 2.05) is 41.3 Å². The molecule has 3 aromatic rings. The average molecular weight is 360 g/mol. The molecule has 1 amide bonds. The molecule has 2 heterocycles. The molecule has 136 valence electrons. The Morgan fingerprint density at radius 3 is 2.56 bits per heavy atom. The number of hydrogen-bond acceptors (Lipinski definition) is 2. The normalized spacial score (nSPS) is 16.5. The molecule has 1 atom stereocenters. The molecule has 0 N–H and O–H groups in total. The van der Waals surface area contributed by atoms with Crippen molar-refractivity contribution in [2.24, 2.45) is 0 Å². The zero-order chi connectivity index (χ0) is 18.6. The Morgan fingerprint density at radius 1 is 1.00 bits per heavy atom. The highest BCUT2D eigenvalue weighted by Crippen LogP contribution is 2.32. The Labute approximate surface area is 158 Å². The van der Waals surface area contributed by atoms with Gasteiger partial charge in [0.2, 0.25) is 0 Å². The molecular formula is C23H21FN2O. The van der Waals surface area contributed by atoms with Crippen LogP contribution in [0, 0.1) is 5.82 Å². The van der Waals surface area contributed by atoms with Gasteiger partial charge in [0.25, 0.3) is 5.91 Å². The number of carbonyl (C=O) groups excluding carboxylic acids is 1. The highest BCUT2D eigenvalue weighted by Gasteiger charge is 2.31. The van der Waals surface area contributed by atoms with E-state index in [-0.39, 0.29) is 17.8 Å². The van der Waals surface area contributed by atoms with Gasteiger partial charge >= 0.3 is 0 Å². The second-order valence-corrected chi connectivity index (χ2v) is 6.88. The van der Waals surface area contributed by atoms with Gasteiger partial charge in [-0.2, -0.15) is 0 Å². The molecule has 0 unspecified atom stereocenters. The van der Waals surface area contributed by atoms with Crippen molar-refractivity contribution >= 4 is 5.91 Å². The Balaban J connectivity index is 1.56. The van der Waals surface area contributed by atoms with Crippen LogP contribution in [-0.2, 0) is 6.42 Å². The van der Waals surface area contributed by atoms with Gasteiger partial charge in [-0.25, -0.2) is 4.39 Å². The van der Waals surface area contributed by atoms with Crippen molar-refractivity contribution in [3.05, 3.63) is 101 Å². The first-order chi connectivity index (χ1) is 13.2. The van der Waals surface area contributed by atoms with Crippen molar-refractivity contribution in [3.63, 3.8) is 0 Å². The highest BCUT2D eigenvalue weighted by molar-refractivity contribution is 5.94. The SMILES string of the molecule is O=C(c1ccc(F)cc1)N1CCC[C@H]1c1cccc(Cc2ccccc2)n1. The fraction of sp³-hybridized carbons (Fsp3) is 0.217. The van der Waals surface area contributed by atoms with Crippen LogP contribution in [0.5, 0.6) is 0 Å². The van der Waals surface area contributed by atoms with Gasteiger partial charge in [0.05, 0.1) is 11.7 Å². The van der Waals surface area contributed by atoms with Crippen molar-refractivity contribution in [2.75, 3.05) is 6.54 Å². The van der Waals surface area contributed by atoms with Crippen LogP contribution >= 0.6 is 0 Å². The lowest BCUT2D eigenvalue weighted by Gasteiger charge is -2.25. The predicted octanol–water partition coefficient (Wildman–Crippen LogP) is 4.79. The third-order valence-corrected chi connectivity index (χ3v) is 5.00. The fourth-order valence-electron chi connectivity index (χ4n) is 3.66. The lowest BCUT2D eigenvalue weighted by Crippen LogP contribution is -2.31. The summed E-state index contributed by atoms with van der Waals surface area (Å²) in [5.41, 5.74) is 3.66. The van der Waals surface area contributed by atoms with Gasteiger partial charge < -0.3 is 4.90 Å². The van der Waals surface area contributed by atoms with E-state index in [0.29, 0.717) is 12.1 Å². The van der Waals surface area contributed by atoms with Crippen LogP contribution < -0.4 is 0 Å². The predicted molar refractivity (Wildman–Crippen MR) is 103 cm³/mol. The molecule has 1 aliphatic rings. The number of halogens is 1. The van der Waals surface area contributed by atoms with E-state index in [1.54, 1.807) is 12.1 Å². The topological polar surface area (TPSA) is 33.2 Å². The molecule has 2 aromatic carbocycles. The largest absolute Gasteiger partial charge is 0.330 e. The molecule has 3 nitrogen and oxygen atoms in total. The Bertz CT molecular complexity index is 925. The molecule has 1 fully saturated rings. The minimum atomic E-state index is -0.334. The Morgan fingerprint density at radius 2 is 1.78 bits per heavy atom. The number of hydrogen-bond donors (Lipinski definition) is 0. The number of amides is 1. The fourth-order valence-corrected chi connectivity index (χ4v) is 3.66. The molecule has 27 heavy (non-hydrogen) atoms. The summed E-state index contributed by atoms with van der Waals surface area (Å²) in [5.74, 6) is -0.396. The third-order valence-electron chi connectivity index (χ3n) is 5.00. The summed E-state index contributed by atoms with van der Waals surface area (Å²) < 4.78 is 13.2. The first kappa shape index (κ1) is 17.4. The molecule has 4 rings (SSSR count). The number of benzene rings is 2. The number of nitrogens with zero attached hydrogens (tertiary/aromatic N) is 2. The third kappa shape index (κ3) is 3.90. The van der Waals surface area contributed by atoms with Crippen LogP contribution in [0.3, 0.4) is 0 Å². The minimum Gasteiger partial charge on any atom is -0.330 e. The van der Waals surface area contributed by atoms with Crippen LogP contribution in [0.2, 0.25) is 0 Å². The van der Waals surface area contributed by atoms with E-state index in [0.717, 1.165) is 30.7 Å². The monoisotopic (exact) mass is 360 g/mol. The Hall–Kier alpha value is -3.01. The first-order valence-corrected chi connectivity index (χ1v) is 9.27. The molecule has 1 saturated heterocycles. The summed E-state index contributed by atoms with van der Waals surface area (Å²) in [6.07, 6.45) is 2.62. The van der Waals surface area contributed by atoms with Crippen molar-refractivity contribution in [1.29, 1.82) is 0 Å². The van der Waals surface area contributed by atoms with Gasteiger partial charge in [-0.05, 0) is 54.8 Å². The lowest BCUT2D eigenvalue weighted by molar-refractivity contribution is 0.0732. The van der Waals surface area contributed by atoms with E-state index in [2.05, 4.69) is 12.1 Å². The zero-order valence-electron chi connectivity index (χ0n) is 15.0. The summed E-state index contributed by atoms with van der Waals surface area (Å²) in [7, 11) is 0. The number of pyridine rings is 1. The number of carbonyl (C=O) groups is 1. The summed E-state index contributed by atoms with van der Waals surface area (Å²) in [4.78, 5) is 19.6. The lowest BCUT2D eigenvalue weighted by atomic mass is 10.1. The molecule has 0 bridgehead atoms. The molecule has 0 aliphatic carbocycles. The first-order valence-electron chi connectivity index (χ1n) is 9.27. The second kappa shape index (κ2) is 7.70. The molecule has 1 aromatic heterocycles. The van der Waals surface area contributed by atoms with Gasteiger partial charge in [-0.3, -0.25) is 9.78 Å². The smallest absolute Gasteiger partial charge is 0.254 e. The van der Waals surface area contributed by atoms with Gasteiger partial charge in [0.1, 0.15) is 5.82 Å². The zero-order valence-corrected chi connectivity index (χ0v) is 15.0. The maximum Gasteiger partial charge on any atom is 0.254 e. The van der Waals surface area contributed by atoms with Gasteiger partial charge in [-0.1, -0.05) is 36.4 Å². The maximum absolute atomic E-state index is 13.2. The molecular weight excluding hydrogens is 339 g/mol. The van der Waals surface area contributed by atoms with E-state index in [4.69, 9.17) is 4.98 Å². The quantitative estimate of drug-likeness (QED) is 0.670. The molecule has 4 heteroatoms. The maximum atomic E-state index is 13.2. The van der Waals surface area contributed by atoms with Gasteiger partial charge in [0, 0.05) is 24.2 Å². The van der Waals surface area contributed by atoms with Crippen LogP contribution in [0.4, 0.5) is 4.39 Å². The number of aromatic nitrogens is 1. The van der Waals surface area contributed by atoms with Crippen LogP contribution in [0.15, 0.2) is 72.8 Å². The molecule has 0 radical (unpaired) electrons.